The van der Waals surface area contributed by atoms with E-state index in [4.69, 9.17) is 14.1 Å². The molecule has 3 nitrogen and oxygen atoms in total. The van der Waals surface area contributed by atoms with Crippen LogP contribution in [0.5, 0.6) is 5.75 Å². The van der Waals surface area contributed by atoms with Gasteiger partial charge in [0.1, 0.15) is 11.3 Å². The van der Waals surface area contributed by atoms with Crippen molar-refractivity contribution in [3.05, 3.63) is 48.0 Å². The van der Waals surface area contributed by atoms with Gasteiger partial charge in [-0.3, -0.25) is 0 Å². The third-order valence-electron chi connectivity index (χ3n) is 6.64. The number of ether oxygens (including phenoxy) is 1. The van der Waals surface area contributed by atoms with E-state index >= 15 is 0 Å². The average Bonchev–Trinajstić information content (AvgIpc) is 3.29. The number of aryl methyl sites for hydroxylation is 1. The second-order valence-electron chi connectivity index (χ2n) is 9.69. The predicted molar refractivity (Wildman–Crippen MR) is 145 cm³/mol. The lowest BCUT2D eigenvalue weighted by atomic mass is 10.0. The van der Waals surface area contributed by atoms with Crippen LogP contribution >= 0.6 is 0 Å². The van der Waals surface area contributed by atoms with Crippen molar-refractivity contribution in [1.29, 1.82) is 0 Å². The van der Waals surface area contributed by atoms with Crippen molar-refractivity contribution in [3.8, 4) is 17.2 Å². The van der Waals surface area contributed by atoms with Crippen LogP contribution in [0.4, 0.5) is 0 Å². The van der Waals surface area contributed by atoms with Crippen LogP contribution in [0, 0.1) is 0 Å². The van der Waals surface area contributed by atoms with Crippen molar-refractivity contribution in [2.24, 2.45) is 0 Å². The van der Waals surface area contributed by atoms with Gasteiger partial charge in [-0.25, -0.2) is 4.98 Å². The third kappa shape index (κ3) is 9.16. The van der Waals surface area contributed by atoms with E-state index in [1.165, 1.54) is 89.0 Å². The minimum atomic E-state index is 0.682. The summed E-state index contributed by atoms with van der Waals surface area (Å²) in [4.78, 5) is 4.76. The maximum atomic E-state index is 6.03. The monoisotopic (exact) mass is 463 g/mol. The largest absolute Gasteiger partial charge is 0.494 e. The van der Waals surface area contributed by atoms with E-state index in [-0.39, 0.29) is 0 Å². The number of rotatable bonds is 18. The summed E-state index contributed by atoms with van der Waals surface area (Å²) in [6.07, 6.45) is 19.6. The number of fused-ring (bicyclic) bond motifs is 1. The maximum absolute atomic E-state index is 6.03. The van der Waals surface area contributed by atoms with Crippen molar-refractivity contribution >= 4 is 11.1 Å². The first-order chi connectivity index (χ1) is 16.8. The van der Waals surface area contributed by atoms with E-state index in [0.29, 0.717) is 5.89 Å². The molecule has 3 rings (SSSR count). The first kappa shape index (κ1) is 26.3. The van der Waals surface area contributed by atoms with Gasteiger partial charge in [-0.05, 0) is 61.2 Å². The van der Waals surface area contributed by atoms with E-state index in [9.17, 15) is 0 Å². The number of benzene rings is 2. The van der Waals surface area contributed by atoms with E-state index in [1.807, 2.05) is 24.3 Å². The summed E-state index contributed by atoms with van der Waals surface area (Å²) in [6.45, 7) is 5.32. The molecule has 0 amide bonds. The molecule has 0 spiro atoms. The molecule has 0 atom stereocenters. The lowest BCUT2D eigenvalue weighted by molar-refractivity contribution is 0.304. The molecule has 2 aromatic carbocycles. The molecule has 0 fully saturated rings. The maximum Gasteiger partial charge on any atom is 0.227 e. The highest BCUT2D eigenvalue weighted by atomic mass is 16.5. The summed E-state index contributed by atoms with van der Waals surface area (Å²) in [5.41, 5.74) is 4.16. The van der Waals surface area contributed by atoms with Crippen molar-refractivity contribution in [2.75, 3.05) is 6.61 Å². The van der Waals surface area contributed by atoms with Crippen molar-refractivity contribution in [2.45, 2.75) is 110 Å². The molecule has 0 radical (unpaired) electrons. The smallest absolute Gasteiger partial charge is 0.227 e. The van der Waals surface area contributed by atoms with Crippen LogP contribution in [0.1, 0.15) is 109 Å². The Balaban J connectivity index is 1.41. The summed E-state index contributed by atoms with van der Waals surface area (Å²) >= 11 is 0. The van der Waals surface area contributed by atoms with Gasteiger partial charge in [0.05, 0.1) is 6.61 Å². The van der Waals surface area contributed by atoms with Gasteiger partial charge in [0.25, 0.3) is 0 Å². The van der Waals surface area contributed by atoms with Gasteiger partial charge in [0.15, 0.2) is 5.58 Å². The second-order valence-corrected chi connectivity index (χ2v) is 9.69. The Labute approximate surface area is 207 Å². The number of oxazole rings is 1. The zero-order chi connectivity index (χ0) is 23.8. The van der Waals surface area contributed by atoms with E-state index < -0.39 is 0 Å². The Bertz CT molecular complexity index is 928. The molecule has 186 valence electrons. The van der Waals surface area contributed by atoms with Crippen LogP contribution in [0.2, 0.25) is 0 Å². The molecule has 34 heavy (non-hydrogen) atoms. The Kier molecular flexibility index (Phi) is 12.1. The Hall–Kier alpha value is -2.29. The molecule has 0 unspecified atom stereocenters. The van der Waals surface area contributed by atoms with Crippen LogP contribution in [-0.4, -0.2) is 11.6 Å². The predicted octanol–water partition coefficient (Wildman–Crippen LogP) is 9.92. The minimum absolute atomic E-state index is 0.682. The first-order valence-electron chi connectivity index (χ1n) is 13.9. The summed E-state index contributed by atoms with van der Waals surface area (Å²) in [6, 6.07) is 14.6. The van der Waals surface area contributed by atoms with Crippen molar-refractivity contribution < 1.29 is 9.15 Å². The van der Waals surface area contributed by atoms with Gasteiger partial charge in [0, 0.05) is 5.56 Å². The molecule has 0 aliphatic carbocycles. The van der Waals surface area contributed by atoms with Gasteiger partial charge in [-0.1, -0.05) is 97.0 Å². The van der Waals surface area contributed by atoms with Crippen LogP contribution in [0.3, 0.4) is 0 Å². The lowest BCUT2D eigenvalue weighted by Gasteiger charge is -2.06. The van der Waals surface area contributed by atoms with Crippen LogP contribution in [0.15, 0.2) is 46.9 Å². The third-order valence-corrected chi connectivity index (χ3v) is 6.64. The van der Waals surface area contributed by atoms with E-state index in [0.717, 1.165) is 41.9 Å². The zero-order valence-electron chi connectivity index (χ0n) is 21.6. The number of hydrogen-bond donors (Lipinski definition) is 0. The molecule has 0 aliphatic heterocycles. The fourth-order valence-electron chi connectivity index (χ4n) is 4.48. The van der Waals surface area contributed by atoms with Crippen LogP contribution in [-0.2, 0) is 6.42 Å². The molecule has 0 aliphatic rings. The fraction of sp³-hybridized carbons (Fsp3) is 0.581. The van der Waals surface area contributed by atoms with Crippen molar-refractivity contribution in [1.82, 2.24) is 4.98 Å². The zero-order valence-corrected chi connectivity index (χ0v) is 21.6. The standard InChI is InChI=1S/C31H45NO2/c1-3-5-7-9-11-12-14-16-24-33-28-21-19-27(20-22-28)31-32-29-25-26(18-23-30(29)34-31)17-15-13-10-8-6-4-2/h18-23,25H,3-17,24H2,1-2H3. The Morgan fingerprint density at radius 3 is 1.97 bits per heavy atom. The highest BCUT2D eigenvalue weighted by Gasteiger charge is 2.09. The topological polar surface area (TPSA) is 35.3 Å². The fourth-order valence-corrected chi connectivity index (χ4v) is 4.48. The molecule has 3 heteroatoms. The van der Waals surface area contributed by atoms with Gasteiger partial charge in [-0.15, -0.1) is 0 Å². The molecule has 0 saturated heterocycles. The minimum Gasteiger partial charge on any atom is -0.494 e. The summed E-state index contributed by atoms with van der Waals surface area (Å²) in [7, 11) is 0. The SMILES string of the molecule is CCCCCCCCCCOc1ccc(-c2nc3cc(CCCCCCCC)ccc3o2)cc1. The quantitative estimate of drug-likeness (QED) is 0.176. The number of nitrogens with zero attached hydrogens (tertiary/aromatic N) is 1. The van der Waals surface area contributed by atoms with E-state index in [1.54, 1.807) is 0 Å². The molecule has 1 heterocycles. The van der Waals surface area contributed by atoms with Crippen LogP contribution in [0.25, 0.3) is 22.6 Å². The Morgan fingerprint density at radius 2 is 1.29 bits per heavy atom. The van der Waals surface area contributed by atoms with Gasteiger partial charge in [-0.2, -0.15) is 0 Å². The lowest BCUT2D eigenvalue weighted by Crippen LogP contribution is -1.97. The highest BCUT2D eigenvalue weighted by molar-refractivity contribution is 5.77. The first-order valence-corrected chi connectivity index (χ1v) is 13.9. The van der Waals surface area contributed by atoms with E-state index in [2.05, 4.69) is 32.0 Å². The molecular weight excluding hydrogens is 418 g/mol. The van der Waals surface area contributed by atoms with Gasteiger partial charge in [0.2, 0.25) is 5.89 Å². The average molecular weight is 464 g/mol. The Morgan fingerprint density at radius 1 is 0.676 bits per heavy atom. The van der Waals surface area contributed by atoms with Gasteiger partial charge < -0.3 is 9.15 Å². The molecule has 0 bridgehead atoms. The second kappa shape index (κ2) is 15.6. The highest BCUT2D eigenvalue weighted by Crippen LogP contribution is 2.27. The molecule has 0 N–H and O–H groups in total. The number of unbranched alkanes of at least 4 members (excludes halogenated alkanes) is 12. The normalized spacial score (nSPS) is 11.4. The molecule has 0 saturated carbocycles. The van der Waals surface area contributed by atoms with Gasteiger partial charge >= 0.3 is 0 Å². The molecular formula is C31H45NO2. The van der Waals surface area contributed by atoms with Crippen LogP contribution < -0.4 is 4.74 Å². The number of aromatic nitrogens is 1. The summed E-state index contributed by atoms with van der Waals surface area (Å²) in [5, 5.41) is 0. The molecule has 3 aromatic rings. The summed E-state index contributed by atoms with van der Waals surface area (Å²) < 4.78 is 12.0. The summed E-state index contributed by atoms with van der Waals surface area (Å²) in [5.74, 6) is 1.60. The molecule has 1 aromatic heterocycles. The van der Waals surface area contributed by atoms with Crippen molar-refractivity contribution in [3.63, 3.8) is 0 Å². The number of hydrogen-bond acceptors (Lipinski definition) is 3.